The van der Waals surface area contributed by atoms with Gasteiger partial charge in [0.15, 0.2) is 0 Å². The molecule has 1 aromatic carbocycles. The standard InChI is InChI=1S/C24H38O4.2C4H9.Sn/c1-17(2)11-7-5-9-13-19-15-16-21(23(25)26)22(24(27)28)20(19)14-10-6-8-12-18(3)4;2*1-3-4-2;/h15-18H,5-14H2,1-4H3,(H,25,26)(H,27,28);2*1,3-4H2,2H3;/q;;;+2/p-2. The maximum absolute atomic E-state index is 11.7. The Labute approximate surface area is 238 Å². The van der Waals surface area contributed by atoms with Crippen LogP contribution in [0.1, 0.15) is 150 Å². The van der Waals surface area contributed by atoms with Crippen LogP contribution in [0.25, 0.3) is 0 Å². The van der Waals surface area contributed by atoms with Gasteiger partial charge in [-0.2, -0.15) is 0 Å². The molecule has 0 bridgehead atoms. The second-order valence-electron chi connectivity index (χ2n) is 11.1. The summed E-state index contributed by atoms with van der Waals surface area (Å²) in [5.41, 5.74) is 1.14. The molecule has 0 spiro atoms. The number of aromatic carboxylic acids is 2. The monoisotopic (exact) mass is 622 g/mol. The Hall–Kier alpha value is -1.04. The number of aryl methyl sites for hydroxylation is 1. The molecule has 4 nitrogen and oxygen atoms in total. The number of rotatable bonds is 20. The average Bonchev–Trinajstić information content (AvgIpc) is 2.83. The van der Waals surface area contributed by atoms with Crippen LogP contribution in [0.2, 0.25) is 8.87 Å². The average molecular weight is 621 g/mol. The van der Waals surface area contributed by atoms with E-state index in [0.717, 1.165) is 56.9 Å². The van der Waals surface area contributed by atoms with Crippen molar-refractivity contribution in [2.24, 2.45) is 11.8 Å². The van der Waals surface area contributed by atoms with Gasteiger partial charge >= 0.3 is 69.5 Å². The Morgan fingerprint density at radius 2 is 1.22 bits per heavy atom. The number of carbonyl (C=O) groups excluding carboxylic acids is 2. The van der Waals surface area contributed by atoms with E-state index in [1.54, 1.807) is 14.9 Å². The summed E-state index contributed by atoms with van der Waals surface area (Å²) in [6, 6.07) is 3.13. The third-order valence-electron chi connectivity index (χ3n) is 6.68. The van der Waals surface area contributed by atoms with Crippen LogP contribution in [-0.2, 0) is 12.8 Å². The number of hydrogen-bond acceptors (Lipinski definition) is 4. The Kier molecular flexibility index (Phi) is 22.3. The van der Waals surface area contributed by atoms with Gasteiger partial charge in [-0.25, -0.2) is 0 Å². The van der Waals surface area contributed by atoms with Crippen molar-refractivity contribution >= 4 is 33.1 Å². The predicted octanol–water partition coefficient (Wildman–Crippen LogP) is 7.06. The zero-order valence-electron chi connectivity index (χ0n) is 24.8. The van der Waals surface area contributed by atoms with Crippen molar-refractivity contribution < 1.29 is 19.8 Å². The number of unbranched alkanes of at least 4 members (excludes halogenated alkanes) is 6. The molecule has 0 radical (unpaired) electrons. The third-order valence-corrected chi connectivity index (χ3v) is 10.7. The summed E-state index contributed by atoms with van der Waals surface area (Å²) in [7, 11) is 0. The molecule has 1 aromatic rings. The summed E-state index contributed by atoms with van der Waals surface area (Å²) < 4.78 is 3.25. The van der Waals surface area contributed by atoms with Gasteiger partial charge in [0.05, 0.1) is 11.9 Å². The van der Waals surface area contributed by atoms with E-state index in [-0.39, 0.29) is 32.3 Å². The van der Waals surface area contributed by atoms with Gasteiger partial charge in [0.1, 0.15) is 0 Å². The fourth-order valence-corrected chi connectivity index (χ4v) is 8.58. The second-order valence-corrected chi connectivity index (χ2v) is 15.4. The molecule has 0 N–H and O–H groups in total. The van der Waals surface area contributed by atoms with Gasteiger partial charge in [0.25, 0.3) is 0 Å². The molecule has 1 rings (SSSR count). The number of carboxylic acids is 2. The minimum atomic E-state index is -1.45. The topological polar surface area (TPSA) is 80.3 Å². The van der Waals surface area contributed by atoms with E-state index in [1.165, 1.54) is 38.2 Å². The third kappa shape index (κ3) is 18.0. The summed E-state index contributed by atoms with van der Waals surface area (Å²) in [5.74, 6) is -1.53. The van der Waals surface area contributed by atoms with Crippen molar-refractivity contribution in [3.8, 4) is 0 Å². The molecule has 0 aliphatic carbocycles. The number of benzene rings is 1. The van der Waals surface area contributed by atoms with Gasteiger partial charge in [-0.05, 0) is 48.6 Å². The zero-order valence-corrected chi connectivity index (χ0v) is 27.6. The Morgan fingerprint density at radius 1 is 0.703 bits per heavy atom. The van der Waals surface area contributed by atoms with Crippen LogP contribution >= 0.6 is 0 Å². The molecule has 0 aliphatic rings. The molecule has 37 heavy (non-hydrogen) atoms. The fraction of sp³-hybridized carbons (Fsp3) is 0.750. The van der Waals surface area contributed by atoms with E-state index in [2.05, 4.69) is 41.5 Å². The van der Waals surface area contributed by atoms with Crippen LogP contribution in [0.4, 0.5) is 0 Å². The van der Waals surface area contributed by atoms with Crippen LogP contribution in [0.15, 0.2) is 12.1 Å². The number of hydrogen-bond donors (Lipinski definition) is 0. The maximum atomic E-state index is 11.7. The van der Waals surface area contributed by atoms with Gasteiger partial charge in [-0.1, -0.05) is 78.4 Å². The Morgan fingerprint density at radius 3 is 1.65 bits per heavy atom. The van der Waals surface area contributed by atoms with E-state index in [4.69, 9.17) is 0 Å². The van der Waals surface area contributed by atoms with Crippen LogP contribution in [0, 0.1) is 11.8 Å². The normalized spacial score (nSPS) is 10.8. The summed E-state index contributed by atoms with van der Waals surface area (Å²) in [4.78, 5) is 23.1. The summed E-state index contributed by atoms with van der Waals surface area (Å²) in [6.07, 6.45) is 15.7. The molecule has 5 heteroatoms. The number of carbonyl (C=O) groups is 2. The molecule has 0 fully saturated rings. The molecule has 0 aliphatic heterocycles. The quantitative estimate of drug-likeness (QED) is 0.115. The van der Waals surface area contributed by atoms with Crippen molar-refractivity contribution in [1.29, 1.82) is 0 Å². The molecule has 0 unspecified atom stereocenters. The van der Waals surface area contributed by atoms with Crippen molar-refractivity contribution in [2.75, 3.05) is 0 Å². The Balaban J connectivity index is 0.00000122. The molecule has 0 heterocycles. The first-order valence-electron chi connectivity index (χ1n) is 14.9. The zero-order chi connectivity index (χ0) is 28.1. The summed E-state index contributed by atoms with van der Waals surface area (Å²) in [5, 5.41) is 23.1. The van der Waals surface area contributed by atoms with Gasteiger partial charge in [-0.3, -0.25) is 0 Å². The molecular formula is C32H54O4Sn. The van der Waals surface area contributed by atoms with Crippen molar-refractivity contribution in [1.82, 2.24) is 0 Å². The minimum absolute atomic E-state index is 0.149. The Bertz CT molecular complexity index is 737. The SMILES string of the molecule is CC(C)CCCCCc1ccc(C(=O)[O-])c(C(=O)[O-])c1CCCCCC(C)C.CCC[CH2][Sn+2][CH2]CCC. The second kappa shape index (κ2) is 22.9. The first-order valence-corrected chi connectivity index (χ1v) is 19.0. The molecular weight excluding hydrogens is 567 g/mol. The number of carboxylic acid groups (broad SMARTS) is 2. The van der Waals surface area contributed by atoms with E-state index in [9.17, 15) is 19.8 Å². The molecule has 0 saturated heterocycles. The van der Waals surface area contributed by atoms with E-state index in [0.29, 0.717) is 23.8 Å². The van der Waals surface area contributed by atoms with Crippen LogP contribution in [-0.4, -0.2) is 33.1 Å². The molecule has 0 amide bonds. The summed E-state index contributed by atoms with van der Waals surface area (Å²) >= 11 is 0.149. The molecule has 0 atom stereocenters. The van der Waals surface area contributed by atoms with Gasteiger partial charge in [0.2, 0.25) is 0 Å². The molecule has 210 valence electrons. The predicted molar refractivity (Wildman–Crippen MR) is 154 cm³/mol. The fourth-order valence-electron chi connectivity index (χ4n) is 4.42. The van der Waals surface area contributed by atoms with E-state index < -0.39 is 11.9 Å². The first kappa shape index (κ1) is 36.0. The first-order chi connectivity index (χ1) is 17.6. The van der Waals surface area contributed by atoms with Crippen LogP contribution < -0.4 is 10.2 Å². The molecule has 0 saturated carbocycles. The van der Waals surface area contributed by atoms with Gasteiger partial charge in [-0.15, -0.1) is 0 Å². The van der Waals surface area contributed by atoms with Gasteiger partial charge < -0.3 is 19.8 Å². The van der Waals surface area contributed by atoms with E-state index >= 15 is 0 Å². The van der Waals surface area contributed by atoms with Crippen LogP contribution in [0.3, 0.4) is 0 Å². The van der Waals surface area contributed by atoms with E-state index in [1.807, 2.05) is 0 Å². The van der Waals surface area contributed by atoms with Crippen molar-refractivity contribution in [3.63, 3.8) is 0 Å². The van der Waals surface area contributed by atoms with Crippen molar-refractivity contribution in [3.05, 3.63) is 34.4 Å². The molecule has 0 aromatic heterocycles. The summed E-state index contributed by atoms with van der Waals surface area (Å²) in [6.45, 7) is 13.4. The van der Waals surface area contributed by atoms with Crippen LogP contribution in [0.5, 0.6) is 0 Å². The van der Waals surface area contributed by atoms with Crippen molar-refractivity contribution in [2.45, 2.75) is 140 Å². The van der Waals surface area contributed by atoms with Gasteiger partial charge in [0, 0.05) is 11.1 Å².